The summed E-state index contributed by atoms with van der Waals surface area (Å²) in [5, 5.41) is 3.73. The number of amides is 1. The third-order valence-corrected chi connectivity index (χ3v) is 4.44. The molecule has 0 aromatic heterocycles. The maximum absolute atomic E-state index is 11.4. The summed E-state index contributed by atoms with van der Waals surface area (Å²) in [6.07, 6.45) is 9.04. The second-order valence-corrected chi connectivity index (χ2v) is 5.52. The van der Waals surface area contributed by atoms with Gasteiger partial charge in [-0.15, -0.1) is 0 Å². The van der Waals surface area contributed by atoms with Gasteiger partial charge in [0.25, 0.3) is 0 Å². The second-order valence-electron chi connectivity index (χ2n) is 5.52. The number of likely N-dealkylation sites (tertiary alicyclic amines) is 1. The van der Waals surface area contributed by atoms with Gasteiger partial charge in [0.05, 0.1) is 0 Å². The minimum atomic E-state index is 0.297. The van der Waals surface area contributed by atoms with E-state index in [2.05, 4.69) is 17.5 Å². The van der Waals surface area contributed by atoms with E-state index in [0.29, 0.717) is 24.4 Å². The maximum Gasteiger partial charge on any atom is 0.222 e. The van der Waals surface area contributed by atoms with Crippen molar-refractivity contribution >= 4 is 5.91 Å². The highest BCUT2D eigenvalue weighted by atomic mass is 16.2. The SMILES string of the molecule is CN1CC(NC2CC3CC=CC32)CCC1=O. The first-order valence-corrected chi connectivity index (χ1v) is 6.40. The average Bonchev–Trinajstić information content (AvgIpc) is 2.61. The molecule has 3 aliphatic rings. The van der Waals surface area contributed by atoms with Crippen LogP contribution < -0.4 is 5.32 Å². The summed E-state index contributed by atoms with van der Waals surface area (Å²) >= 11 is 0. The second kappa shape index (κ2) is 3.88. The fourth-order valence-corrected chi connectivity index (χ4v) is 3.36. The molecule has 1 aliphatic heterocycles. The van der Waals surface area contributed by atoms with E-state index in [-0.39, 0.29) is 0 Å². The zero-order valence-corrected chi connectivity index (χ0v) is 9.86. The summed E-state index contributed by atoms with van der Waals surface area (Å²) in [6.45, 7) is 0.885. The maximum atomic E-state index is 11.4. The van der Waals surface area contributed by atoms with Crippen LogP contribution in [0.3, 0.4) is 0 Å². The molecule has 4 unspecified atom stereocenters. The van der Waals surface area contributed by atoms with Crippen LogP contribution >= 0.6 is 0 Å². The molecule has 0 aromatic carbocycles. The lowest BCUT2D eigenvalue weighted by Gasteiger charge is -2.44. The van der Waals surface area contributed by atoms with Gasteiger partial charge in [-0.1, -0.05) is 12.2 Å². The van der Waals surface area contributed by atoms with Crippen LogP contribution in [0.25, 0.3) is 0 Å². The molecule has 0 radical (unpaired) electrons. The predicted molar refractivity (Wildman–Crippen MR) is 62.9 cm³/mol. The van der Waals surface area contributed by atoms with Gasteiger partial charge in [-0.05, 0) is 31.1 Å². The van der Waals surface area contributed by atoms with Gasteiger partial charge in [0, 0.05) is 32.1 Å². The molecule has 0 spiro atoms. The lowest BCUT2D eigenvalue weighted by atomic mass is 9.71. The first kappa shape index (κ1) is 10.3. The molecule has 3 rings (SSSR count). The van der Waals surface area contributed by atoms with Gasteiger partial charge in [-0.2, -0.15) is 0 Å². The Kier molecular flexibility index (Phi) is 2.51. The van der Waals surface area contributed by atoms with Crippen molar-refractivity contribution in [1.82, 2.24) is 10.2 Å². The fraction of sp³-hybridized carbons (Fsp3) is 0.769. The molecule has 16 heavy (non-hydrogen) atoms. The van der Waals surface area contributed by atoms with Gasteiger partial charge >= 0.3 is 0 Å². The Morgan fingerprint density at radius 3 is 3.12 bits per heavy atom. The third-order valence-electron chi connectivity index (χ3n) is 4.44. The first-order chi connectivity index (χ1) is 7.74. The standard InChI is InChI=1S/C13H20N2O/c1-15-8-10(5-6-13(15)16)14-12-7-9-3-2-4-11(9)12/h2,4,9-12,14H,3,5-8H2,1H3. The average molecular weight is 220 g/mol. The molecule has 88 valence electrons. The Morgan fingerprint density at radius 1 is 1.50 bits per heavy atom. The normalized spacial score (nSPS) is 42.1. The van der Waals surface area contributed by atoms with Crippen LogP contribution in [-0.2, 0) is 4.79 Å². The topological polar surface area (TPSA) is 32.3 Å². The lowest BCUT2D eigenvalue weighted by molar-refractivity contribution is -0.132. The molecule has 3 nitrogen and oxygen atoms in total. The Balaban J connectivity index is 1.52. The molecule has 0 aromatic rings. The summed E-state index contributed by atoms with van der Waals surface area (Å²) < 4.78 is 0. The van der Waals surface area contributed by atoms with E-state index in [1.807, 2.05) is 11.9 Å². The summed E-state index contributed by atoms with van der Waals surface area (Å²) in [6, 6.07) is 1.19. The van der Waals surface area contributed by atoms with Gasteiger partial charge in [-0.25, -0.2) is 0 Å². The van der Waals surface area contributed by atoms with E-state index in [1.165, 1.54) is 12.8 Å². The van der Waals surface area contributed by atoms with Crippen molar-refractivity contribution in [2.45, 2.75) is 37.8 Å². The molecule has 2 aliphatic carbocycles. The number of fused-ring (bicyclic) bond motifs is 1. The van der Waals surface area contributed by atoms with Crippen molar-refractivity contribution in [2.24, 2.45) is 11.8 Å². The van der Waals surface area contributed by atoms with Crippen molar-refractivity contribution in [3.05, 3.63) is 12.2 Å². The Hall–Kier alpha value is -0.830. The first-order valence-electron chi connectivity index (χ1n) is 6.40. The lowest BCUT2D eigenvalue weighted by Crippen LogP contribution is -2.56. The largest absolute Gasteiger partial charge is 0.344 e. The number of allylic oxidation sites excluding steroid dienone is 1. The zero-order valence-electron chi connectivity index (χ0n) is 9.86. The van der Waals surface area contributed by atoms with Crippen LogP contribution in [0.4, 0.5) is 0 Å². The van der Waals surface area contributed by atoms with Crippen LogP contribution in [0.1, 0.15) is 25.7 Å². The summed E-state index contributed by atoms with van der Waals surface area (Å²) in [5.74, 6) is 1.99. The molecule has 1 N–H and O–H groups in total. The molecule has 1 heterocycles. The minimum Gasteiger partial charge on any atom is -0.344 e. The molecule has 1 amide bonds. The van der Waals surface area contributed by atoms with Crippen LogP contribution in [0.2, 0.25) is 0 Å². The number of carbonyl (C=O) groups excluding carboxylic acids is 1. The monoisotopic (exact) mass is 220 g/mol. The van der Waals surface area contributed by atoms with Gasteiger partial charge in [0.1, 0.15) is 0 Å². The van der Waals surface area contributed by atoms with Gasteiger partial charge in [0.15, 0.2) is 0 Å². The van der Waals surface area contributed by atoms with Crippen LogP contribution in [0.5, 0.6) is 0 Å². The van der Waals surface area contributed by atoms with E-state index in [1.54, 1.807) is 0 Å². The number of nitrogens with one attached hydrogen (secondary N) is 1. The smallest absolute Gasteiger partial charge is 0.222 e. The van der Waals surface area contributed by atoms with Crippen LogP contribution in [0, 0.1) is 11.8 Å². The van der Waals surface area contributed by atoms with E-state index in [4.69, 9.17) is 0 Å². The molecule has 2 fully saturated rings. The molecular formula is C13H20N2O. The molecule has 1 saturated carbocycles. The van der Waals surface area contributed by atoms with Gasteiger partial charge < -0.3 is 10.2 Å². The molecule has 1 saturated heterocycles. The zero-order chi connectivity index (χ0) is 11.1. The molecule has 3 heteroatoms. The number of rotatable bonds is 2. The minimum absolute atomic E-state index is 0.297. The van der Waals surface area contributed by atoms with Gasteiger partial charge in [0.2, 0.25) is 5.91 Å². The Bertz CT molecular complexity index is 326. The number of likely N-dealkylation sites (N-methyl/N-ethyl adjacent to an activating group) is 1. The Labute approximate surface area is 96.9 Å². The van der Waals surface area contributed by atoms with Crippen molar-refractivity contribution < 1.29 is 4.79 Å². The number of hydrogen-bond donors (Lipinski definition) is 1. The highest BCUT2D eigenvalue weighted by Gasteiger charge is 2.42. The van der Waals surface area contributed by atoms with E-state index in [0.717, 1.165) is 24.8 Å². The van der Waals surface area contributed by atoms with Crippen LogP contribution in [-0.4, -0.2) is 36.5 Å². The fourth-order valence-electron chi connectivity index (χ4n) is 3.36. The third kappa shape index (κ3) is 1.67. The van der Waals surface area contributed by atoms with E-state index < -0.39 is 0 Å². The molecule has 4 atom stereocenters. The van der Waals surface area contributed by atoms with E-state index in [9.17, 15) is 4.79 Å². The van der Waals surface area contributed by atoms with Gasteiger partial charge in [-0.3, -0.25) is 4.79 Å². The van der Waals surface area contributed by atoms with Crippen molar-refractivity contribution in [3.63, 3.8) is 0 Å². The number of nitrogens with zero attached hydrogens (tertiary/aromatic N) is 1. The van der Waals surface area contributed by atoms with Crippen molar-refractivity contribution in [2.75, 3.05) is 13.6 Å². The molecule has 0 bridgehead atoms. The highest BCUT2D eigenvalue weighted by molar-refractivity contribution is 5.76. The number of hydrogen-bond acceptors (Lipinski definition) is 2. The van der Waals surface area contributed by atoms with Crippen LogP contribution in [0.15, 0.2) is 12.2 Å². The Morgan fingerprint density at radius 2 is 2.38 bits per heavy atom. The van der Waals surface area contributed by atoms with E-state index >= 15 is 0 Å². The predicted octanol–water partition coefficient (Wildman–Crippen LogP) is 1.16. The highest BCUT2D eigenvalue weighted by Crippen LogP contribution is 2.43. The summed E-state index contributed by atoms with van der Waals surface area (Å²) in [7, 11) is 1.91. The number of piperidine rings is 1. The van der Waals surface area contributed by atoms with Crippen molar-refractivity contribution in [1.29, 1.82) is 0 Å². The quantitative estimate of drug-likeness (QED) is 0.708. The summed E-state index contributed by atoms with van der Waals surface area (Å²) in [4.78, 5) is 13.2. The number of carbonyl (C=O) groups is 1. The summed E-state index contributed by atoms with van der Waals surface area (Å²) in [5.41, 5.74) is 0. The molecular weight excluding hydrogens is 200 g/mol. The van der Waals surface area contributed by atoms with Crippen molar-refractivity contribution in [3.8, 4) is 0 Å².